The monoisotopic (exact) mass is 279 g/mol. The van der Waals surface area contributed by atoms with Crippen molar-refractivity contribution in [1.82, 2.24) is 0 Å². The predicted molar refractivity (Wildman–Crippen MR) is 85.6 cm³/mol. The Hall–Kier alpha value is -1.83. The van der Waals surface area contributed by atoms with Crippen LogP contribution in [0.4, 0.5) is 5.69 Å². The van der Waals surface area contributed by atoms with Crippen LogP contribution in [0.3, 0.4) is 0 Å². The van der Waals surface area contributed by atoms with Crippen LogP contribution in [-0.2, 0) is 6.54 Å². The summed E-state index contributed by atoms with van der Waals surface area (Å²) < 4.78 is 2.45. The van der Waals surface area contributed by atoms with Crippen molar-refractivity contribution in [3.8, 4) is 0 Å². The van der Waals surface area contributed by atoms with Gasteiger partial charge >= 0.3 is 0 Å². The molecule has 108 valence electrons. The predicted octanol–water partition coefficient (Wildman–Crippen LogP) is 3.50. The molecule has 2 heterocycles. The number of pyridine rings is 1. The highest BCUT2D eigenvalue weighted by Crippen LogP contribution is 2.39. The zero-order chi connectivity index (χ0) is 14.1. The van der Waals surface area contributed by atoms with Gasteiger partial charge in [-0.05, 0) is 25.7 Å². The lowest BCUT2D eigenvalue weighted by molar-refractivity contribution is -0.695. The van der Waals surface area contributed by atoms with E-state index in [1.165, 1.54) is 55.7 Å². The Balaban J connectivity index is 1.63. The van der Waals surface area contributed by atoms with Gasteiger partial charge in [0.05, 0.1) is 0 Å². The first-order valence-electron chi connectivity index (χ1n) is 8.22. The van der Waals surface area contributed by atoms with Crippen LogP contribution in [0, 0.1) is 0 Å². The minimum atomic E-state index is 0.788. The third-order valence-electron chi connectivity index (χ3n) is 4.72. The summed E-state index contributed by atoms with van der Waals surface area (Å²) in [7, 11) is 0. The molecule has 0 bridgehead atoms. The van der Waals surface area contributed by atoms with Gasteiger partial charge < -0.3 is 4.90 Å². The van der Waals surface area contributed by atoms with Crippen molar-refractivity contribution in [3.63, 3.8) is 0 Å². The van der Waals surface area contributed by atoms with Gasteiger partial charge in [0.2, 0.25) is 0 Å². The Labute approximate surface area is 127 Å². The van der Waals surface area contributed by atoms with Gasteiger partial charge in [0.25, 0.3) is 0 Å². The third kappa shape index (κ3) is 2.80. The first kappa shape index (κ1) is 12.9. The Morgan fingerprint density at radius 2 is 1.76 bits per heavy atom. The van der Waals surface area contributed by atoms with Gasteiger partial charge in [-0.25, -0.2) is 0 Å². The molecule has 2 nitrogen and oxygen atoms in total. The molecule has 0 atom stereocenters. The molecule has 1 saturated heterocycles. The number of hydrogen-bond donors (Lipinski definition) is 0. The zero-order valence-corrected chi connectivity index (χ0v) is 12.5. The summed E-state index contributed by atoms with van der Waals surface area (Å²) in [6.07, 6.45) is 7.71. The highest BCUT2D eigenvalue weighted by Gasteiger charge is 2.32. The van der Waals surface area contributed by atoms with E-state index in [0.29, 0.717) is 0 Å². The van der Waals surface area contributed by atoms with Gasteiger partial charge in [-0.15, -0.1) is 0 Å². The molecule has 0 unspecified atom stereocenters. The summed E-state index contributed by atoms with van der Waals surface area (Å²) in [5.41, 5.74) is 4.35. The van der Waals surface area contributed by atoms with Gasteiger partial charge in [-0.1, -0.05) is 30.3 Å². The summed E-state index contributed by atoms with van der Waals surface area (Å²) in [5.74, 6) is 0.788. The molecule has 4 rings (SSSR count). The van der Waals surface area contributed by atoms with Gasteiger partial charge in [0, 0.05) is 42.4 Å². The number of aromatic nitrogens is 1. The third-order valence-corrected chi connectivity index (χ3v) is 4.72. The highest BCUT2D eigenvalue weighted by molar-refractivity contribution is 5.47. The molecule has 1 aliphatic carbocycles. The molecule has 21 heavy (non-hydrogen) atoms. The van der Waals surface area contributed by atoms with Crippen LogP contribution in [0.15, 0.2) is 48.7 Å². The molecule has 2 heteroatoms. The Morgan fingerprint density at radius 3 is 2.48 bits per heavy atom. The van der Waals surface area contributed by atoms with E-state index in [-0.39, 0.29) is 0 Å². The lowest BCUT2D eigenvalue weighted by Gasteiger charge is -2.17. The smallest absolute Gasteiger partial charge is 0.186 e. The lowest BCUT2D eigenvalue weighted by atomic mass is 10.1. The maximum atomic E-state index is 2.54. The molecular formula is C19H23N2+. The maximum Gasteiger partial charge on any atom is 0.186 e. The topological polar surface area (TPSA) is 7.12 Å². The van der Waals surface area contributed by atoms with Crippen molar-refractivity contribution in [2.75, 3.05) is 18.0 Å². The second-order valence-corrected chi connectivity index (χ2v) is 6.39. The van der Waals surface area contributed by atoms with E-state index in [1.54, 1.807) is 0 Å². The number of anilines is 1. The van der Waals surface area contributed by atoms with Crippen LogP contribution >= 0.6 is 0 Å². The van der Waals surface area contributed by atoms with E-state index in [2.05, 4.69) is 58.1 Å². The number of rotatable bonds is 4. The van der Waals surface area contributed by atoms with Gasteiger partial charge in [-0.2, -0.15) is 4.57 Å². The molecule has 1 aliphatic heterocycles. The number of benzene rings is 1. The first-order valence-corrected chi connectivity index (χ1v) is 8.22. The van der Waals surface area contributed by atoms with Crippen LogP contribution in [0.2, 0.25) is 0 Å². The Morgan fingerprint density at radius 1 is 1.00 bits per heavy atom. The van der Waals surface area contributed by atoms with Crippen LogP contribution < -0.4 is 9.47 Å². The summed E-state index contributed by atoms with van der Waals surface area (Å²) in [6.45, 7) is 3.45. The Kier molecular flexibility index (Phi) is 3.38. The summed E-state index contributed by atoms with van der Waals surface area (Å²) in [5, 5.41) is 0. The molecule has 1 saturated carbocycles. The number of hydrogen-bond acceptors (Lipinski definition) is 1. The normalized spacial score (nSPS) is 18.2. The Bertz CT molecular complexity index is 611. The van der Waals surface area contributed by atoms with E-state index in [9.17, 15) is 0 Å². The minimum Gasteiger partial charge on any atom is -0.371 e. The van der Waals surface area contributed by atoms with E-state index in [4.69, 9.17) is 0 Å². The zero-order valence-electron chi connectivity index (χ0n) is 12.5. The second-order valence-electron chi connectivity index (χ2n) is 6.39. The molecule has 1 aromatic heterocycles. The molecule has 0 N–H and O–H groups in total. The number of nitrogens with zero attached hydrogens (tertiary/aromatic N) is 2. The molecule has 1 aromatic carbocycles. The largest absolute Gasteiger partial charge is 0.371 e. The van der Waals surface area contributed by atoms with E-state index in [1.807, 2.05) is 0 Å². The molecule has 2 fully saturated rings. The fraction of sp³-hybridized carbons (Fsp3) is 0.421. The van der Waals surface area contributed by atoms with Gasteiger partial charge in [0.1, 0.15) is 0 Å². The molecule has 0 radical (unpaired) electrons. The molecule has 0 amide bonds. The van der Waals surface area contributed by atoms with Crippen LogP contribution in [0.1, 0.15) is 42.9 Å². The molecule has 0 spiro atoms. The lowest BCUT2D eigenvalue weighted by Crippen LogP contribution is -2.39. The maximum absolute atomic E-state index is 2.54. The van der Waals surface area contributed by atoms with Crippen molar-refractivity contribution in [3.05, 3.63) is 59.9 Å². The van der Waals surface area contributed by atoms with Gasteiger partial charge in [0.15, 0.2) is 18.4 Å². The summed E-state index contributed by atoms with van der Waals surface area (Å²) in [6, 6.07) is 15.5. The standard InChI is InChI=1S/C19H23N2/c1-2-6-16(7-3-1)15-21-13-10-18(20-11-4-5-12-20)14-19(21)17-8-9-17/h1-3,6-7,10,13-14,17H,4-5,8-9,11-12,15H2/q+1. The average molecular weight is 279 g/mol. The fourth-order valence-electron chi connectivity index (χ4n) is 3.36. The van der Waals surface area contributed by atoms with Crippen molar-refractivity contribution < 1.29 is 4.57 Å². The van der Waals surface area contributed by atoms with Crippen molar-refractivity contribution in [2.45, 2.75) is 38.1 Å². The quantitative estimate of drug-likeness (QED) is 0.777. The van der Waals surface area contributed by atoms with Crippen molar-refractivity contribution in [2.24, 2.45) is 0 Å². The van der Waals surface area contributed by atoms with E-state index < -0.39 is 0 Å². The van der Waals surface area contributed by atoms with E-state index in [0.717, 1.165) is 12.5 Å². The fourth-order valence-corrected chi connectivity index (χ4v) is 3.36. The second kappa shape index (κ2) is 5.51. The minimum absolute atomic E-state index is 0.788. The summed E-state index contributed by atoms with van der Waals surface area (Å²) in [4.78, 5) is 2.54. The average Bonchev–Trinajstić information content (AvgIpc) is 3.23. The molecular weight excluding hydrogens is 256 g/mol. The van der Waals surface area contributed by atoms with Crippen LogP contribution in [0.25, 0.3) is 0 Å². The first-order chi connectivity index (χ1) is 10.4. The SMILES string of the molecule is c1ccc(C[n+]2ccc(N3CCCC3)cc2C2CC2)cc1. The van der Waals surface area contributed by atoms with Crippen LogP contribution in [-0.4, -0.2) is 13.1 Å². The van der Waals surface area contributed by atoms with E-state index >= 15 is 0 Å². The van der Waals surface area contributed by atoms with Crippen LogP contribution in [0.5, 0.6) is 0 Å². The van der Waals surface area contributed by atoms with Crippen molar-refractivity contribution in [1.29, 1.82) is 0 Å². The molecule has 2 aromatic rings. The molecule has 2 aliphatic rings. The highest BCUT2D eigenvalue weighted by atomic mass is 15.1. The van der Waals surface area contributed by atoms with Gasteiger partial charge in [-0.3, -0.25) is 0 Å². The van der Waals surface area contributed by atoms with Crippen molar-refractivity contribution >= 4 is 5.69 Å². The summed E-state index contributed by atoms with van der Waals surface area (Å²) >= 11 is 0.